The maximum Gasteiger partial charge on any atom is 0.393 e. The van der Waals surface area contributed by atoms with Crippen molar-refractivity contribution in [3.8, 4) is 0 Å². The molecule has 2 heterocycles. The Hall–Kier alpha value is -1.63. The number of fused-ring (bicyclic) bond motifs is 1. The number of carbonyl (C=O) groups is 1. The van der Waals surface area contributed by atoms with E-state index in [2.05, 4.69) is 0 Å². The monoisotopic (exact) mass is 345 g/mol. The molecule has 0 aliphatic carbocycles. The van der Waals surface area contributed by atoms with Gasteiger partial charge in [-0.3, -0.25) is 4.79 Å². The van der Waals surface area contributed by atoms with Gasteiger partial charge >= 0.3 is 6.18 Å². The molecule has 124 valence electrons. The second-order valence-corrected chi connectivity index (χ2v) is 6.85. The van der Waals surface area contributed by atoms with Crippen LogP contribution in [0.3, 0.4) is 0 Å². The summed E-state index contributed by atoms with van der Waals surface area (Å²) in [5.74, 6) is -2.33. The number of alkyl halides is 3. The molecule has 1 aromatic heterocycles. The number of halogens is 4. The minimum atomic E-state index is -4.29. The predicted molar refractivity (Wildman–Crippen MR) is 81.2 cm³/mol. The van der Waals surface area contributed by atoms with Crippen LogP contribution in [0.1, 0.15) is 28.1 Å². The van der Waals surface area contributed by atoms with Gasteiger partial charge < -0.3 is 4.90 Å². The summed E-state index contributed by atoms with van der Waals surface area (Å²) in [6, 6.07) is 4.58. The summed E-state index contributed by atoms with van der Waals surface area (Å²) in [5, 5.41) is 0.380. The van der Waals surface area contributed by atoms with Gasteiger partial charge in [-0.15, -0.1) is 11.3 Å². The van der Waals surface area contributed by atoms with E-state index in [9.17, 15) is 22.4 Å². The quantitative estimate of drug-likeness (QED) is 0.682. The topological polar surface area (TPSA) is 20.3 Å². The summed E-state index contributed by atoms with van der Waals surface area (Å²) in [7, 11) is 0. The molecule has 2 nitrogen and oxygen atoms in total. The van der Waals surface area contributed by atoms with Gasteiger partial charge in [0.25, 0.3) is 5.91 Å². The summed E-state index contributed by atoms with van der Waals surface area (Å²) in [6.45, 7) is 1.63. The fraction of sp³-hybridized carbons (Fsp3) is 0.438. The molecule has 0 radical (unpaired) electrons. The Morgan fingerprint density at radius 1 is 1.35 bits per heavy atom. The third kappa shape index (κ3) is 2.94. The van der Waals surface area contributed by atoms with E-state index in [4.69, 9.17) is 0 Å². The Bertz CT molecular complexity index is 752. The standard InChI is InChI=1S/C16H15F4NOS/c1-9-13-11(17)5-2-6-12(13)23-14(9)15(22)21-7-3-4-10(8-21)16(18,19)20/h2,5-6,10H,3-4,7-8H2,1H3. The molecular formula is C16H15F4NOS. The maximum atomic E-state index is 13.9. The lowest BCUT2D eigenvalue weighted by Gasteiger charge is -2.33. The van der Waals surface area contributed by atoms with Crippen LogP contribution in [-0.4, -0.2) is 30.1 Å². The molecule has 1 atom stereocenters. The van der Waals surface area contributed by atoms with Crippen molar-refractivity contribution < 1.29 is 22.4 Å². The number of benzene rings is 1. The number of rotatable bonds is 1. The minimum absolute atomic E-state index is 0.0489. The van der Waals surface area contributed by atoms with Gasteiger partial charge in [-0.1, -0.05) is 6.07 Å². The van der Waals surface area contributed by atoms with Gasteiger partial charge in [0.15, 0.2) is 0 Å². The van der Waals surface area contributed by atoms with Crippen molar-refractivity contribution in [2.75, 3.05) is 13.1 Å². The zero-order valence-electron chi connectivity index (χ0n) is 12.4. The van der Waals surface area contributed by atoms with Crippen LogP contribution >= 0.6 is 11.3 Å². The Labute approximate surface area is 134 Å². The molecule has 1 amide bonds. The second kappa shape index (κ2) is 5.78. The normalized spacial score (nSPS) is 19.3. The number of aryl methyl sites for hydroxylation is 1. The highest BCUT2D eigenvalue weighted by Crippen LogP contribution is 2.36. The number of thiophene rings is 1. The van der Waals surface area contributed by atoms with Crippen LogP contribution < -0.4 is 0 Å². The van der Waals surface area contributed by atoms with Gasteiger partial charge in [-0.2, -0.15) is 13.2 Å². The van der Waals surface area contributed by atoms with Crippen LogP contribution in [0.15, 0.2) is 18.2 Å². The Balaban J connectivity index is 1.92. The van der Waals surface area contributed by atoms with E-state index < -0.39 is 23.8 Å². The molecule has 23 heavy (non-hydrogen) atoms. The molecule has 0 saturated carbocycles. The zero-order valence-corrected chi connectivity index (χ0v) is 13.2. The average molecular weight is 345 g/mol. The van der Waals surface area contributed by atoms with E-state index in [1.165, 1.54) is 11.0 Å². The third-order valence-corrected chi connectivity index (χ3v) is 5.51. The SMILES string of the molecule is Cc1c(C(=O)N2CCCC(C(F)(F)F)C2)sc2cccc(F)c12. The van der Waals surface area contributed by atoms with Crippen molar-refractivity contribution in [2.45, 2.75) is 25.9 Å². The lowest BCUT2D eigenvalue weighted by Crippen LogP contribution is -2.44. The molecule has 1 saturated heterocycles. The molecular weight excluding hydrogens is 330 g/mol. The molecule has 1 unspecified atom stereocenters. The minimum Gasteiger partial charge on any atom is -0.337 e. The van der Waals surface area contributed by atoms with Gasteiger partial charge in [0.2, 0.25) is 0 Å². The lowest BCUT2D eigenvalue weighted by molar-refractivity contribution is -0.184. The predicted octanol–water partition coefficient (Wildman–Crippen LogP) is 4.76. The fourth-order valence-corrected chi connectivity index (χ4v) is 4.22. The van der Waals surface area contributed by atoms with Crippen molar-refractivity contribution in [2.24, 2.45) is 5.92 Å². The van der Waals surface area contributed by atoms with Crippen molar-refractivity contribution in [3.63, 3.8) is 0 Å². The first kappa shape index (κ1) is 16.2. The molecule has 1 aliphatic heterocycles. The van der Waals surface area contributed by atoms with E-state index in [1.54, 1.807) is 19.1 Å². The zero-order chi connectivity index (χ0) is 16.8. The Morgan fingerprint density at radius 3 is 2.74 bits per heavy atom. The van der Waals surface area contributed by atoms with Gasteiger partial charge in [-0.25, -0.2) is 4.39 Å². The van der Waals surface area contributed by atoms with E-state index in [-0.39, 0.29) is 13.0 Å². The van der Waals surface area contributed by atoms with Crippen molar-refractivity contribution in [1.82, 2.24) is 4.90 Å². The van der Waals surface area contributed by atoms with Gasteiger partial charge in [0.1, 0.15) is 5.82 Å². The lowest BCUT2D eigenvalue weighted by atomic mass is 9.97. The number of nitrogens with zero attached hydrogens (tertiary/aromatic N) is 1. The molecule has 1 aromatic carbocycles. The summed E-state index contributed by atoms with van der Waals surface area (Å²) in [6.07, 6.45) is -3.91. The van der Waals surface area contributed by atoms with Crippen LogP contribution in [-0.2, 0) is 0 Å². The second-order valence-electron chi connectivity index (χ2n) is 5.80. The largest absolute Gasteiger partial charge is 0.393 e. The van der Waals surface area contributed by atoms with E-state index in [1.807, 2.05) is 0 Å². The molecule has 2 aromatic rings. The summed E-state index contributed by atoms with van der Waals surface area (Å²) >= 11 is 1.14. The summed E-state index contributed by atoms with van der Waals surface area (Å²) < 4.78 is 53.2. The number of piperidine rings is 1. The number of amides is 1. The van der Waals surface area contributed by atoms with Crippen molar-refractivity contribution in [3.05, 3.63) is 34.5 Å². The van der Waals surface area contributed by atoms with Crippen molar-refractivity contribution in [1.29, 1.82) is 0 Å². The Kier molecular flexibility index (Phi) is 4.08. The van der Waals surface area contributed by atoms with Crippen LogP contribution in [0, 0.1) is 18.7 Å². The first-order valence-corrected chi connectivity index (χ1v) is 8.14. The van der Waals surface area contributed by atoms with E-state index in [0.717, 1.165) is 11.3 Å². The highest BCUT2D eigenvalue weighted by molar-refractivity contribution is 7.21. The van der Waals surface area contributed by atoms with Gasteiger partial charge in [0.05, 0.1) is 10.8 Å². The number of hydrogen-bond acceptors (Lipinski definition) is 2. The van der Waals surface area contributed by atoms with E-state index in [0.29, 0.717) is 33.5 Å². The molecule has 7 heteroatoms. The van der Waals surface area contributed by atoms with E-state index >= 15 is 0 Å². The van der Waals surface area contributed by atoms with Gasteiger partial charge in [0, 0.05) is 23.2 Å². The first-order valence-electron chi connectivity index (χ1n) is 7.32. The number of likely N-dealkylation sites (tertiary alicyclic amines) is 1. The average Bonchev–Trinajstić information content (AvgIpc) is 2.84. The third-order valence-electron chi connectivity index (χ3n) is 4.27. The molecule has 0 spiro atoms. The molecule has 0 bridgehead atoms. The number of carbonyl (C=O) groups excluding carboxylic acids is 1. The Morgan fingerprint density at radius 2 is 2.09 bits per heavy atom. The maximum absolute atomic E-state index is 13.9. The highest BCUT2D eigenvalue weighted by Gasteiger charge is 2.43. The van der Waals surface area contributed by atoms with Crippen molar-refractivity contribution >= 4 is 27.3 Å². The van der Waals surface area contributed by atoms with Crippen LogP contribution in [0.2, 0.25) is 0 Å². The smallest absolute Gasteiger partial charge is 0.337 e. The molecule has 0 N–H and O–H groups in total. The molecule has 1 fully saturated rings. The van der Waals surface area contributed by atoms with Gasteiger partial charge in [-0.05, 0) is 37.5 Å². The van der Waals surface area contributed by atoms with Crippen LogP contribution in [0.25, 0.3) is 10.1 Å². The highest BCUT2D eigenvalue weighted by atomic mass is 32.1. The van der Waals surface area contributed by atoms with Crippen LogP contribution in [0.5, 0.6) is 0 Å². The molecule has 1 aliphatic rings. The van der Waals surface area contributed by atoms with Crippen LogP contribution in [0.4, 0.5) is 17.6 Å². The fourth-order valence-electron chi connectivity index (χ4n) is 3.03. The summed E-state index contributed by atoms with van der Waals surface area (Å²) in [4.78, 5) is 14.2. The summed E-state index contributed by atoms with van der Waals surface area (Å²) in [5.41, 5.74) is 0.502. The number of hydrogen-bond donors (Lipinski definition) is 0. The molecule has 3 rings (SSSR count). The first-order chi connectivity index (χ1) is 10.8.